The largest absolute Gasteiger partial charge is 0.480 e. The average molecular weight is 324 g/mol. The number of carbonyl (C=O) groups is 3. The molecule has 0 aliphatic carbocycles. The van der Waals surface area contributed by atoms with Gasteiger partial charge in [-0.1, -0.05) is 25.1 Å². The van der Waals surface area contributed by atoms with Gasteiger partial charge in [0.05, 0.1) is 11.0 Å². The zero-order valence-corrected chi connectivity index (χ0v) is 13.4. The van der Waals surface area contributed by atoms with Crippen LogP contribution in [0.4, 0.5) is 5.69 Å². The zero-order chi connectivity index (χ0) is 16.5. The van der Waals surface area contributed by atoms with Crippen LogP contribution in [-0.4, -0.2) is 39.9 Å². The lowest BCUT2D eigenvalue weighted by molar-refractivity contribution is -0.141. The van der Waals surface area contributed by atoms with Gasteiger partial charge in [-0.25, -0.2) is 4.79 Å². The number of anilines is 1. The number of rotatable bonds is 8. The van der Waals surface area contributed by atoms with Crippen molar-refractivity contribution in [3.05, 3.63) is 30.3 Å². The number of carboxylic acids is 1. The molecule has 0 aliphatic rings. The Kier molecular flexibility index (Phi) is 7.45. The molecule has 0 bridgehead atoms. The van der Waals surface area contributed by atoms with Crippen molar-refractivity contribution in [1.29, 1.82) is 0 Å². The summed E-state index contributed by atoms with van der Waals surface area (Å²) in [7, 11) is 0. The molecule has 2 atom stereocenters. The van der Waals surface area contributed by atoms with Gasteiger partial charge in [0, 0.05) is 5.69 Å². The molecule has 22 heavy (non-hydrogen) atoms. The van der Waals surface area contributed by atoms with E-state index >= 15 is 0 Å². The second-order valence-electron chi connectivity index (χ2n) is 4.68. The van der Waals surface area contributed by atoms with Crippen LogP contribution in [0.2, 0.25) is 0 Å². The van der Waals surface area contributed by atoms with Crippen LogP contribution in [0, 0.1) is 0 Å². The molecule has 0 aliphatic heterocycles. The van der Waals surface area contributed by atoms with Gasteiger partial charge in [-0.15, -0.1) is 11.8 Å². The molecular formula is C15H20N2O4S. The quantitative estimate of drug-likeness (QED) is 0.677. The molecule has 3 N–H and O–H groups in total. The predicted octanol–water partition coefficient (Wildman–Crippen LogP) is 1.73. The van der Waals surface area contributed by atoms with Crippen LogP contribution >= 0.6 is 11.8 Å². The summed E-state index contributed by atoms with van der Waals surface area (Å²) in [6.07, 6.45) is 0.312. The maximum absolute atomic E-state index is 11.9. The standard InChI is InChI=1S/C15H20N2O4S/c1-3-12(15(20)21)17-14(19)10(2)22-9-13(18)16-11-7-5-4-6-8-11/h4-8,10,12H,3,9H2,1-2H3,(H,16,18)(H,17,19)(H,20,21). The lowest BCUT2D eigenvalue weighted by atomic mass is 10.2. The lowest BCUT2D eigenvalue weighted by Gasteiger charge is -2.16. The van der Waals surface area contributed by atoms with Crippen LogP contribution in [0.5, 0.6) is 0 Å². The van der Waals surface area contributed by atoms with Crippen LogP contribution in [0.1, 0.15) is 20.3 Å². The highest BCUT2D eigenvalue weighted by Gasteiger charge is 2.22. The predicted molar refractivity (Wildman–Crippen MR) is 86.8 cm³/mol. The normalized spacial score (nSPS) is 13.0. The minimum absolute atomic E-state index is 0.118. The van der Waals surface area contributed by atoms with Crippen molar-refractivity contribution in [3.8, 4) is 0 Å². The molecule has 0 heterocycles. The van der Waals surface area contributed by atoms with Gasteiger partial charge in [-0.3, -0.25) is 9.59 Å². The first-order chi connectivity index (χ1) is 10.4. The molecule has 0 radical (unpaired) electrons. The second kappa shape index (κ2) is 9.09. The first kappa shape index (κ1) is 18.0. The summed E-state index contributed by atoms with van der Waals surface area (Å²) in [5.41, 5.74) is 0.696. The molecule has 1 rings (SSSR count). The number of amides is 2. The third-order valence-corrected chi connectivity index (χ3v) is 4.06. The number of benzene rings is 1. The maximum atomic E-state index is 11.9. The first-order valence-corrected chi connectivity index (χ1v) is 7.98. The SMILES string of the molecule is CCC(NC(=O)C(C)SCC(=O)Nc1ccccc1)C(=O)O. The molecule has 0 fully saturated rings. The monoisotopic (exact) mass is 324 g/mol. The molecule has 0 saturated heterocycles. The van der Waals surface area contributed by atoms with E-state index in [2.05, 4.69) is 10.6 Å². The van der Waals surface area contributed by atoms with E-state index in [-0.39, 0.29) is 17.6 Å². The van der Waals surface area contributed by atoms with Crippen LogP contribution in [0.25, 0.3) is 0 Å². The first-order valence-electron chi connectivity index (χ1n) is 6.93. The number of hydrogen-bond acceptors (Lipinski definition) is 4. The number of thioether (sulfide) groups is 1. The minimum atomic E-state index is -1.06. The molecule has 7 heteroatoms. The van der Waals surface area contributed by atoms with E-state index in [1.165, 1.54) is 0 Å². The molecule has 2 unspecified atom stereocenters. The van der Waals surface area contributed by atoms with E-state index in [0.717, 1.165) is 11.8 Å². The molecule has 6 nitrogen and oxygen atoms in total. The van der Waals surface area contributed by atoms with Crippen LogP contribution < -0.4 is 10.6 Å². The molecule has 0 aromatic heterocycles. The van der Waals surface area contributed by atoms with Crippen LogP contribution in [0.3, 0.4) is 0 Å². The summed E-state index contributed by atoms with van der Waals surface area (Å²) < 4.78 is 0. The van der Waals surface area contributed by atoms with E-state index in [0.29, 0.717) is 12.1 Å². The number of nitrogens with one attached hydrogen (secondary N) is 2. The maximum Gasteiger partial charge on any atom is 0.326 e. The molecule has 0 saturated carbocycles. The number of carboxylic acid groups (broad SMARTS) is 1. The van der Waals surface area contributed by atoms with Crippen molar-refractivity contribution in [2.24, 2.45) is 0 Å². The summed E-state index contributed by atoms with van der Waals surface area (Å²) in [5.74, 6) is -1.53. The molecule has 0 spiro atoms. The van der Waals surface area contributed by atoms with Crippen molar-refractivity contribution >= 4 is 35.2 Å². The highest BCUT2D eigenvalue weighted by atomic mass is 32.2. The Balaban J connectivity index is 2.38. The molecular weight excluding hydrogens is 304 g/mol. The van der Waals surface area contributed by atoms with Crippen molar-refractivity contribution in [3.63, 3.8) is 0 Å². The topological polar surface area (TPSA) is 95.5 Å². The van der Waals surface area contributed by atoms with Crippen molar-refractivity contribution < 1.29 is 19.5 Å². The van der Waals surface area contributed by atoms with Gasteiger partial charge < -0.3 is 15.7 Å². The number of para-hydroxylation sites is 1. The Morgan fingerprint density at radius 3 is 2.41 bits per heavy atom. The van der Waals surface area contributed by atoms with Gasteiger partial charge in [-0.2, -0.15) is 0 Å². The van der Waals surface area contributed by atoms with Gasteiger partial charge >= 0.3 is 5.97 Å². The highest BCUT2D eigenvalue weighted by Crippen LogP contribution is 2.12. The van der Waals surface area contributed by atoms with Gasteiger partial charge in [0.25, 0.3) is 0 Å². The Morgan fingerprint density at radius 2 is 1.86 bits per heavy atom. The van der Waals surface area contributed by atoms with E-state index in [9.17, 15) is 14.4 Å². The fourth-order valence-corrected chi connectivity index (χ4v) is 2.32. The number of hydrogen-bond donors (Lipinski definition) is 3. The smallest absolute Gasteiger partial charge is 0.326 e. The number of aliphatic carboxylic acids is 1. The lowest BCUT2D eigenvalue weighted by Crippen LogP contribution is -2.43. The third-order valence-electron chi connectivity index (χ3n) is 2.91. The molecule has 120 valence electrons. The van der Waals surface area contributed by atoms with Crippen molar-refractivity contribution in [2.75, 3.05) is 11.1 Å². The third kappa shape index (κ3) is 6.17. The highest BCUT2D eigenvalue weighted by molar-refractivity contribution is 8.01. The van der Waals surface area contributed by atoms with E-state index in [1.54, 1.807) is 26.0 Å². The Morgan fingerprint density at radius 1 is 1.23 bits per heavy atom. The minimum Gasteiger partial charge on any atom is -0.480 e. The van der Waals surface area contributed by atoms with E-state index in [4.69, 9.17) is 5.11 Å². The van der Waals surface area contributed by atoms with Gasteiger partial charge in [0.1, 0.15) is 6.04 Å². The van der Waals surface area contributed by atoms with Crippen LogP contribution in [-0.2, 0) is 14.4 Å². The fourth-order valence-electron chi connectivity index (χ4n) is 1.62. The van der Waals surface area contributed by atoms with E-state index in [1.807, 2.05) is 18.2 Å². The van der Waals surface area contributed by atoms with Crippen molar-refractivity contribution in [2.45, 2.75) is 31.6 Å². The Labute approximate surface area is 133 Å². The summed E-state index contributed by atoms with van der Waals surface area (Å²) in [6, 6.07) is 8.14. The second-order valence-corrected chi connectivity index (χ2v) is 6.00. The molecule has 1 aromatic rings. The van der Waals surface area contributed by atoms with Crippen molar-refractivity contribution in [1.82, 2.24) is 5.32 Å². The average Bonchev–Trinajstić information content (AvgIpc) is 2.50. The fraction of sp³-hybridized carbons (Fsp3) is 0.400. The number of carbonyl (C=O) groups excluding carboxylic acids is 2. The summed E-state index contributed by atoms with van der Waals surface area (Å²) in [5, 5.41) is 13.6. The van der Waals surface area contributed by atoms with Gasteiger partial charge in [0.2, 0.25) is 11.8 Å². The Hall–Kier alpha value is -2.02. The summed E-state index contributed by atoms with van der Waals surface area (Å²) in [4.78, 5) is 34.5. The van der Waals surface area contributed by atoms with Crippen LogP contribution in [0.15, 0.2) is 30.3 Å². The van der Waals surface area contributed by atoms with Gasteiger partial charge in [-0.05, 0) is 25.5 Å². The Bertz CT molecular complexity index is 522. The molecule has 2 amide bonds. The van der Waals surface area contributed by atoms with E-state index < -0.39 is 17.3 Å². The molecule has 1 aromatic carbocycles. The zero-order valence-electron chi connectivity index (χ0n) is 12.5. The summed E-state index contributed by atoms with van der Waals surface area (Å²) in [6.45, 7) is 3.33. The van der Waals surface area contributed by atoms with Gasteiger partial charge in [0.15, 0.2) is 0 Å². The summed E-state index contributed by atoms with van der Waals surface area (Å²) >= 11 is 1.16.